The van der Waals surface area contributed by atoms with Gasteiger partial charge in [0.2, 0.25) is 17.7 Å². The summed E-state index contributed by atoms with van der Waals surface area (Å²) in [5.41, 5.74) is 3.44. The van der Waals surface area contributed by atoms with Crippen molar-refractivity contribution in [1.29, 1.82) is 0 Å². The highest BCUT2D eigenvalue weighted by molar-refractivity contribution is 6.20. The zero-order valence-corrected chi connectivity index (χ0v) is 29.4. The van der Waals surface area contributed by atoms with Crippen LogP contribution in [0.15, 0.2) is 60.9 Å². The number of anilines is 3. The highest BCUT2D eigenvalue weighted by Gasteiger charge is 2.45. The van der Waals surface area contributed by atoms with E-state index in [0.29, 0.717) is 49.8 Å². The Morgan fingerprint density at radius 2 is 1.55 bits per heavy atom. The molecular formula is C35H45Cl2N5O5. The van der Waals surface area contributed by atoms with Crippen LogP contribution in [0.1, 0.15) is 44.7 Å². The average Bonchev–Trinajstić information content (AvgIpc) is 3.10. The van der Waals surface area contributed by atoms with Gasteiger partial charge in [0, 0.05) is 70.3 Å². The number of carbonyl (C=O) groups excluding carboxylic acids is 3. The van der Waals surface area contributed by atoms with E-state index < -0.39 is 5.41 Å². The highest BCUT2D eigenvalue weighted by atomic mass is 35.5. The summed E-state index contributed by atoms with van der Waals surface area (Å²) < 4.78 is 11.6. The number of halogens is 2. The van der Waals surface area contributed by atoms with Gasteiger partial charge >= 0.3 is 0 Å². The number of methoxy groups -OCH3 is 1. The Bertz CT molecular complexity index is 1550. The summed E-state index contributed by atoms with van der Waals surface area (Å²) >= 11 is 0. The van der Waals surface area contributed by atoms with E-state index in [1.807, 2.05) is 60.4 Å². The monoisotopic (exact) mass is 685 g/mol. The molecule has 5 rings (SSSR count). The first kappa shape index (κ1) is 37.6. The number of fused-ring (bicyclic) bond motifs is 2. The molecule has 47 heavy (non-hydrogen) atoms. The Hall–Kier alpha value is -3.86. The molecule has 3 aromatic rings. The van der Waals surface area contributed by atoms with Crippen LogP contribution in [0.25, 0.3) is 0 Å². The van der Waals surface area contributed by atoms with Crippen molar-refractivity contribution in [2.45, 2.75) is 46.6 Å². The van der Waals surface area contributed by atoms with E-state index in [4.69, 9.17) is 9.47 Å². The molecule has 0 bridgehead atoms. The van der Waals surface area contributed by atoms with Gasteiger partial charge in [0.25, 0.3) is 0 Å². The minimum atomic E-state index is -1.16. The second-order valence-corrected chi connectivity index (χ2v) is 12.1. The fourth-order valence-corrected chi connectivity index (χ4v) is 6.12. The molecule has 0 unspecified atom stereocenters. The second kappa shape index (κ2) is 16.3. The van der Waals surface area contributed by atoms with Gasteiger partial charge in [-0.25, -0.2) is 0 Å². The number of benzene rings is 2. The maximum Gasteiger partial charge on any atom is 0.242 e. The number of rotatable bonds is 12. The Morgan fingerprint density at radius 3 is 2.26 bits per heavy atom. The third-order valence-electron chi connectivity index (χ3n) is 8.70. The van der Waals surface area contributed by atoms with Crippen molar-refractivity contribution in [2.24, 2.45) is 5.41 Å². The molecule has 2 aliphatic heterocycles. The van der Waals surface area contributed by atoms with Crippen molar-refractivity contribution < 1.29 is 23.9 Å². The van der Waals surface area contributed by atoms with E-state index in [0.717, 1.165) is 48.5 Å². The normalized spacial score (nSPS) is 15.4. The topological polar surface area (TPSA) is 95.5 Å². The zero-order chi connectivity index (χ0) is 32.1. The van der Waals surface area contributed by atoms with Crippen LogP contribution in [-0.2, 0) is 27.3 Å². The first-order valence-corrected chi connectivity index (χ1v) is 15.6. The Kier molecular flexibility index (Phi) is 13.0. The molecule has 12 heteroatoms. The van der Waals surface area contributed by atoms with Crippen LogP contribution in [0.3, 0.4) is 0 Å². The number of amides is 3. The van der Waals surface area contributed by atoms with Gasteiger partial charge in [-0.1, -0.05) is 0 Å². The summed E-state index contributed by atoms with van der Waals surface area (Å²) in [5, 5.41) is 0. The summed E-state index contributed by atoms with van der Waals surface area (Å²) in [6.45, 7) is 8.96. The quantitative estimate of drug-likeness (QED) is 0.183. The molecule has 0 aliphatic carbocycles. The van der Waals surface area contributed by atoms with Gasteiger partial charge < -0.3 is 24.2 Å². The second-order valence-electron chi connectivity index (χ2n) is 12.1. The molecule has 0 saturated heterocycles. The zero-order valence-electron chi connectivity index (χ0n) is 27.7. The fourth-order valence-electron chi connectivity index (χ4n) is 6.12. The molecule has 3 heterocycles. The maximum absolute atomic E-state index is 13.2. The number of aryl methyl sites for hydroxylation is 1. The van der Waals surface area contributed by atoms with Crippen LogP contribution >= 0.6 is 24.8 Å². The van der Waals surface area contributed by atoms with Crippen LogP contribution in [0, 0.1) is 5.41 Å². The molecule has 254 valence electrons. The third kappa shape index (κ3) is 8.17. The summed E-state index contributed by atoms with van der Waals surface area (Å²) in [6, 6.07) is 15.5. The molecule has 0 spiro atoms. The first-order valence-electron chi connectivity index (χ1n) is 15.6. The summed E-state index contributed by atoms with van der Waals surface area (Å²) in [6.07, 6.45) is 5.55. The van der Waals surface area contributed by atoms with Gasteiger partial charge in [-0.15, -0.1) is 24.8 Å². The van der Waals surface area contributed by atoms with Gasteiger partial charge in [0.05, 0.1) is 25.1 Å². The van der Waals surface area contributed by atoms with Crippen molar-refractivity contribution in [1.82, 2.24) is 9.88 Å². The van der Waals surface area contributed by atoms with Gasteiger partial charge in [-0.05, 0) is 87.2 Å². The lowest BCUT2D eigenvalue weighted by molar-refractivity contribution is -0.137. The highest BCUT2D eigenvalue weighted by Crippen LogP contribution is 2.40. The molecule has 3 amide bonds. The van der Waals surface area contributed by atoms with E-state index in [-0.39, 0.29) is 42.5 Å². The number of hydrogen-bond acceptors (Lipinski definition) is 7. The minimum Gasteiger partial charge on any atom is -0.497 e. The number of hydrogen-bond donors (Lipinski definition) is 0. The summed E-state index contributed by atoms with van der Waals surface area (Å²) in [7, 11) is 3.36. The fraction of sp³-hybridized carbons (Fsp3) is 0.429. The van der Waals surface area contributed by atoms with Crippen molar-refractivity contribution in [3.63, 3.8) is 0 Å². The average molecular weight is 687 g/mol. The molecule has 10 nitrogen and oxygen atoms in total. The van der Waals surface area contributed by atoms with E-state index in [9.17, 15) is 14.4 Å². The standard InChI is InChI=1S/C35H43N5O5.2ClH/c1-6-39-30-12-10-28(23-31(30)37(4)33(42)35(2,3)34(39)43)45-21-7-18-38(24-25-14-16-36-17-15-25)19-20-40-29-11-9-27(44-5)22-26(29)8-13-32(40)41;;/h9-12,14-17,22-23H,6-8,13,18-21,24H2,1-5H3;2*1H. The first-order chi connectivity index (χ1) is 21.6. The van der Waals surface area contributed by atoms with Crippen LogP contribution in [0.4, 0.5) is 17.1 Å². The number of nitrogens with zero attached hydrogens (tertiary/aromatic N) is 5. The van der Waals surface area contributed by atoms with E-state index in [1.165, 1.54) is 0 Å². The molecular weight excluding hydrogens is 641 g/mol. The molecule has 2 aliphatic rings. The SMILES string of the molecule is CCN1C(=O)C(C)(C)C(=O)N(C)c2cc(OCCCN(CCN3C(=O)CCc4cc(OC)ccc43)Cc3ccncc3)ccc21.Cl.Cl. The Labute approximate surface area is 289 Å². The number of aromatic nitrogens is 1. The van der Waals surface area contributed by atoms with E-state index >= 15 is 0 Å². The van der Waals surface area contributed by atoms with Crippen molar-refractivity contribution in [3.05, 3.63) is 72.1 Å². The van der Waals surface area contributed by atoms with Crippen molar-refractivity contribution in [2.75, 3.05) is 61.6 Å². The molecule has 0 fully saturated rings. The predicted octanol–water partition coefficient (Wildman–Crippen LogP) is 5.54. The smallest absolute Gasteiger partial charge is 0.242 e. The molecule has 2 aromatic carbocycles. The van der Waals surface area contributed by atoms with Gasteiger partial charge in [-0.3, -0.25) is 24.3 Å². The largest absolute Gasteiger partial charge is 0.497 e. The van der Waals surface area contributed by atoms with Gasteiger partial charge in [0.1, 0.15) is 16.9 Å². The maximum atomic E-state index is 13.2. The van der Waals surface area contributed by atoms with Crippen molar-refractivity contribution >= 4 is 59.6 Å². The van der Waals surface area contributed by atoms with Gasteiger partial charge in [-0.2, -0.15) is 0 Å². The third-order valence-corrected chi connectivity index (χ3v) is 8.70. The molecule has 0 atom stereocenters. The number of pyridine rings is 1. The Morgan fingerprint density at radius 1 is 0.851 bits per heavy atom. The molecule has 0 saturated carbocycles. The van der Waals surface area contributed by atoms with Crippen LogP contribution in [0.2, 0.25) is 0 Å². The Balaban J connectivity index is 0.00000300. The minimum absolute atomic E-state index is 0. The number of ether oxygens (including phenoxy) is 2. The molecule has 0 N–H and O–H groups in total. The number of carbonyl (C=O) groups is 3. The lowest BCUT2D eigenvalue weighted by Gasteiger charge is -2.32. The lowest BCUT2D eigenvalue weighted by Crippen LogP contribution is -2.47. The predicted molar refractivity (Wildman–Crippen MR) is 189 cm³/mol. The van der Waals surface area contributed by atoms with E-state index in [1.54, 1.807) is 50.2 Å². The summed E-state index contributed by atoms with van der Waals surface area (Å²) in [5.74, 6) is 1.12. The van der Waals surface area contributed by atoms with Crippen LogP contribution < -0.4 is 24.2 Å². The van der Waals surface area contributed by atoms with E-state index in [2.05, 4.69) is 9.88 Å². The van der Waals surface area contributed by atoms with Crippen LogP contribution in [-0.4, -0.2) is 74.5 Å². The summed E-state index contributed by atoms with van der Waals surface area (Å²) in [4.78, 5) is 50.9. The van der Waals surface area contributed by atoms with Crippen molar-refractivity contribution in [3.8, 4) is 11.5 Å². The lowest BCUT2D eigenvalue weighted by atomic mass is 9.90. The molecule has 1 aromatic heterocycles. The van der Waals surface area contributed by atoms with Gasteiger partial charge in [0.15, 0.2) is 0 Å². The van der Waals surface area contributed by atoms with Crippen LogP contribution in [0.5, 0.6) is 11.5 Å². The molecule has 0 radical (unpaired) electrons.